The number of benzene rings is 1. The molecule has 2 rings (SSSR count). The highest BCUT2D eigenvalue weighted by Gasteiger charge is 2.40. The van der Waals surface area contributed by atoms with Crippen LogP contribution in [0.4, 0.5) is 0 Å². The monoisotopic (exact) mass is 374 g/mol. The molecule has 1 atom stereocenters. The number of aryl methyl sites for hydroxylation is 1. The van der Waals surface area contributed by atoms with Crippen LogP contribution in [0.25, 0.3) is 0 Å². The van der Waals surface area contributed by atoms with Gasteiger partial charge < -0.3 is 8.95 Å². The fourth-order valence-corrected chi connectivity index (χ4v) is 4.03. The van der Waals surface area contributed by atoms with Gasteiger partial charge in [-0.25, -0.2) is 0 Å². The van der Waals surface area contributed by atoms with E-state index in [1.165, 1.54) is 31.2 Å². The highest BCUT2D eigenvalue weighted by molar-refractivity contribution is 6.74. The summed E-state index contributed by atoms with van der Waals surface area (Å²) in [5, 5.41) is 3.94. The highest BCUT2D eigenvalue weighted by atomic mass is 28.4. The van der Waals surface area contributed by atoms with Crippen LogP contribution in [-0.2, 0) is 10.8 Å². The third-order valence-corrected chi connectivity index (χ3v) is 9.91. The summed E-state index contributed by atoms with van der Waals surface area (Å²) in [5.41, 5.74) is 1.43. The molecule has 0 aliphatic carbocycles. The first-order valence-electron chi connectivity index (χ1n) is 9.78. The van der Waals surface area contributed by atoms with Crippen molar-refractivity contribution >= 4 is 8.32 Å². The van der Waals surface area contributed by atoms with Crippen molar-refractivity contribution in [2.75, 3.05) is 0 Å². The van der Waals surface area contributed by atoms with Crippen LogP contribution in [0.2, 0.25) is 18.1 Å². The van der Waals surface area contributed by atoms with Gasteiger partial charge in [0, 0.05) is 0 Å². The molecule has 0 saturated carbocycles. The Morgan fingerprint density at radius 1 is 1.04 bits per heavy atom. The maximum absolute atomic E-state index is 6.57. The van der Waals surface area contributed by atoms with Crippen LogP contribution in [0.15, 0.2) is 41.2 Å². The molecular formula is C21H34N2O2Si. The standard InChI is InChI=1S/C21H34N2O2Si/c1-21(2,3)26(4,5)25-19(20-22-17-23-24-20)16-12-7-6-9-13-18-14-10-8-11-15-18/h8,10-11,14-15,17,19H,6-7,9,12-13,16H2,1-5H3. The Kier molecular flexibility index (Phi) is 7.59. The lowest BCUT2D eigenvalue weighted by atomic mass is 10.0. The van der Waals surface area contributed by atoms with E-state index < -0.39 is 8.32 Å². The summed E-state index contributed by atoms with van der Waals surface area (Å²) in [7, 11) is -1.87. The fourth-order valence-electron chi connectivity index (χ4n) is 2.75. The van der Waals surface area contributed by atoms with Gasteiger partial charge in [0.2, 0.25) is 0 Å². The highest BCUT2D eigenvalue weighted by Crippen LogP contribution is 2.40. The maximum atomic E-state index is 6.57. The van der Waals surface area contributed by atoms with Gasteiger partial charge in [0.05, 0.1) is 0 Å². The smallest absolute Gasteiger partial charge is 0.254 e. The lowest BCUT2D eigenvalue weighted by Crippen LogP contribution is -2.41. The molecule has 1 heterocycles. The summed E-state index contributed by atoms with van der Waals surface area (Å²) < 4.78 is 11.9. The van der Waals surface area contributed by atoms with Crippen molar-refractivity contribution in [3.8, 4) is 0 Å². The van der Waals surface area contributed by atoms with Crippen LogP contribution < -0.4 is 0 Å². The molecule has 0 N–H and O–H groups in total. The zero-order valence-electron chi connectivity index (χ0n) is 17.0. The summed E-state index contributed by atoms with van der Waals surface area (Å²) in [6, 6.07) is 10.7. The van der Waals surface area contributed by atoms with Crippen molar-refractivity contribution in [2.24, 2.45) is 0 Å². The minimum atomic E-state index is -1.87. The van der Waals surface area contributed by atoms with Crippen molar-refractivity contribution in [3.05, 3.63) is 48.1 Å². The van der Waals surface area contributed by atoms with Gasteiger partial charge >= 0.3 is 0 Å². The number of nitrogens with zero attached hydrogens (tertiary/aromatic N) is 2. The molecule has 0 aliphatic rings. The average Bonchev–Trinajstić information content (AvgIpc) is 3.11. The number of hydrogen-bond donors (Lipinski definition) is 0. The molecule has 4 nitrogen and oxygen atoms in total. The van der Waals surface area contributed by atoms with Crippen molar-refractivity contribution in [3.63, 3.8) is 0 Å². The number of aromatic nitrogens is 2. The first-order valence-corrected chi connectivity index (χ1v) is 12.7. The SMILES string of the molecule is CC(C)(C)[Si](C)(C)OC(CCCCCCc1ccccc1)c1ncno1. The van der Waals surface area contributed by atoms with Gasteiger partial charge in [0.1, 0.15) is 6.10 Å². The molecule has 0 spiro atoms. The topological polar surface area (TPSA) is 48.2 Å². The second kappa shape index (κ2) is 9.47. The molecule has 5 heteroatoms. The second-order valence-electron chi connectivity index (χ2n) is 8.58. The third-order valence-electron chi connectivity index (χ3n) is 5.42. The van der Waals surface area contributed by atoms with E-state index in [2.05, 4.69) is 74.3 Å². The first-order chi connectivity index (χ1) is 12.3. The van der Waals surface area contributed by atoms with Crippen molar-refractivity contribution < 1.29 is 8.95 Å². The number of unbranched alkanes of at least 4 members (excludes halogenated alkanes) is 3. The van der Waals surface area contributed by atoms with Crippen LogP contribution in [0.5, 0.6) is 0 Å². The van der Waals surface area contributed by atoms with Crippen molar-refractivity contribution in [1.29, 1.82) is 0 Å². The number of rotatable bonds is 10. The minimum absolute atomic E-state index is 0.0764. The molecule has 0 aliphatic heterocycles. The molecule has 1 aromatic carbocycles. The third kappa shape index (κ3) is 6.36. The Hall–Kier alpha value is -1.46. The molecule has 26 heavy (non-hydrogen) atoms. The summed E-state index contributed by atoms with van der Waals surface area (Å²) in [6.07, 6.45) is 8.30. The molecule has 2 aromatic rings. The normalized spacial score (nSPS) is 13.7. The summed E-state index contributed by atoms with van der Waals surface area (Å²) in [4.78, 5) is 4.26. The molecule has 1 unspecified atom stereocenters. The molecule has 0 amide bonds. The molecular weight excluding hydrogens is 340 g/mol. The fraction of sp³-hybridized carbons (Fsp3) is 0.619. The quantitative estimate of drug-likeness (QED) is 0.360. The molecule has 0 bridgehead atoms. The van der Waals surface area contributed by atoms with E-state index in [4.69, 9.17) is 8.95 Å². The van der Waals surface area contributed by atoms with E-state index in [-0.39, 0.29) is 11.1 Å². The van der Waals surface area contributed by atoms with Gasteiger partial charge in [-0.2, -0.15) is 4.98 Å². The van der Waals surface area contributed by atoms with Crippen molar-refractivity contribution in [2.45, 2.75) is 83.5 Å². The Labute approximate surface area is 159 Å². The second-order valence-corrected chi connectivity index (χ2v) is 13.3. The largest absolute Gasteiger partial charge is 0.405 e. The molecule has 0 saturated heterocycles. The first kappa shape index (κ1) is 20.8. The van der Waals surface area contributed by atoms with Gasteiger partial charge in [-0.05, 0) is 43.0 Å². The minimum Gasteiger partial charge on any atom is -0.405 e. The van der Waals surface area contributed by atoms with E-state index in [0.717, 1.165) is 19.3 Å². The predicted molar refractivity (Wildman–Crippen MR) is 109 cm³/mol. The van der Waals surface area contributed by atoms with Gasteiger partial charge in [0.25, 0.3) is 5.89 Å². The summed E-state index contributed by atoms with van der Waals surface area (Å²) in [6.45, 7) is 11.3. The maximum Gasteiger partial charge on any atom is 0.254 e. The average molecular weight is 375 g/mol. The van der Waals surface area contributed by atoms with Crippen LogP contribution in [0, 0.1) is 0 Å². The Morgan fingerprint density at radius 3 is 2.35 bits per heavy atom. The molecule has 1 aromatic heterocycles. The van der Waals surface area contributed by atoms with Gasteiger partial charge in [-0.1, -0.05) is 75.5 Å². The Morgan fingerprint density at radius 2 is 1.73 bits per heavy atom. The lowest BCUT2D eigenvalue weighted by molar-refractivity contribution is 0.129. The summed E-state index contributed by atoms with van der Waals surface area (Å²) >= 11 is 0. The van der Waals surface area contributed by atoms with Crippen LogP contribution in [0.3, 0.4) is 0 Å². The predicted octanol–water partition coefficient (Wildman–Crippen LogP) is 6.33. The van der Waals surface area contributed by atoms with Gasteiger partial charge in [-0.3, -0.25) is 0 Å². The molecule has 144 valence electrons. The lowest BCUT2D eigenvalue weighted by Gasteiger charge is -2.38. The van der Waals surface area contributed by atoms with Crippen molar-refractivity contribution in [1.82, 2.24) is 10.1 Å². The van der Waals surface area contributed by atoms with E-state index >= 15 is 0 Å². The Balaban J connectivity index is 1.79. The van der Waals surface area contributed by atoms with E-state index in [9.17, 15) is 0 Å². The van der Waals surface area contributed by atoms with Crippen LogP contribution in [-0.4, -0.2) is 18.5 Å². The zero-order chi connectivity index (χ0) is 19.0. The summed E-state index contributed by atoms with van der Waals surface area (Å²) in [5.74, 6) is 0.624. The zero-order valence-corrected chi connectivity index (χ0v) is 18.0. The molecule has 0 radical (unpaired) electrons. The van der Waals surface area contributed by atoms with Crippen LogP contribution >= 0.6 is 0 Å². The van der Waals surface area contributed by atoms with Gasteiger partial charge in [0.15, 0.2) is 14.6 Å². The van der Waals surface area contributed by atoms with Crippen LogP contribution in [0.1, 0.15) is 70.4 Å². The van der Waals surface area contributed by atoms with Gasteiger partial charge in [-0.15, -0.1) is 0 Å². The van der Waals surface area contributed by atoms with E-state index in [0.29, 0.717) is 5.89 Å². The number of hydrogen-bond acceptors (Lipinski definition) is 4. The Bertz CT molecular complexity index is 621. The molecule has 0 fully saturated rings. The van der Waals surface area contributed by atoms with E-state index in [1.807, 2.05) is 0 Å². The van der Waals surface area contributed by atoms with E-state index in [1.54, 1.807) is 0 Å².